The molecular formula is C18H11F4N5OS. The summed E-state index contributed by atoms with van der Waals surface area (Å²) in [5.41, 5.74) is -0.944. The summed E-state index contributed by atoms with van der Waals surface area (Å²) in [5.74, 6) is -2.07. The molecule has 0 saturated heterocycles. The zero-order chi connectivity index (χ0) is 20.6. The van der Waals surface area contributed by atoms with Crippen LogP contribution in [0.4, 0.5) is 17.6 Å². The van der Waals surface area contributed by atoms with Crippen LogP contribution in [-0.4, -0.2) is 25.5 Å². The summed E-state index contributed by atoms with van der Waals surface area (Å²) >= 11 is 1.42. The first kappa shape index (κ1) is 19.0. The molecular weight excluding hydrogens is 410 g/mol. The molecule has 0 bridgehead atoms. The highest BCUT2D eigenvalue weighted by molar-refractivity contribution is 7.09. The van der Waals surface area contributed by atoms with Crippen LogP contribution < -0.4 is 5.32 Å². The number of alkyl halides is 3. The molecule has 11 heteroatoms. The van der Waals surface area contributed by atoms with Crippen LogP contribution in [-0.2, 0) is 12.7 Å². The van der Waals surface area contributed by atoms with E-state index < -0.39 is 29.4 Å². The van der Waals surface area contributed by atoms with Gasteiger partial charge in [0, 0.05) is 10.4 Å². The Hall–Kier alpha value is -3.34. The van der Waals surface area contributed by atoms with E-state index in [1.807, 2.05) is 11.4 Å². The number of nitrogens with zero attached hydrogens (tertiary/aromatic N) is 4. The molecule has 1 amide bonds. The molecule has 3 heterocycles. The summed E-state index contributed by atoms with van der Waals surface area (Å²) in [6, 6.07) is 9.23. The van der Waals surface area contributed by atoms with E-state index in [-0.39, 0.29) is 23.6 Å². The van der Waals surface area contributed by atoms with Crippen LogP contribution in [0.1, 0.15) is 21.2 Å². The normalized spacial score (nSPS) is 11.7. The molecule has 0 aliphatic carbocycles. The lowest BCUT2D eigenvalue weighted by Gasteiger charge is -2.10. The molecule has 4 rings (SSSR count). The van der Waals surface area contributed by atoms with Gasteiger partial charge in [0.1, 0.15) is 5.82 Å². The third kappa shape index (κ3) is 3.94. The fourth-order valence-electron chi connectivity index (χ4n) is 2.59. The van der Waals surface area contributed by atoms with Crippen LogP contribution in [0.15, 0.2) is 47.8 Å². The SMILES string of the molecule is O=C(NCc1cccs1)c1nc2nc(-c3ccc(F)cc3)cc(C(F)(F)F)n2n1. The number of aromatic nitrogens is 4. The van der Waals surface area contributed by atoms with Crippen LogP contribution in [0.2, 0.25) is 0 Å². The molecule has 0 atom stereocenters. The zero-order valence-corrected chi connectivity index (χ0v) is 15.3. The minimum atomic E-state index is -4.77. The largest absolute Gasteiger partial charge is 0.433 e. The highest BCUT2D eigenvalue weighted by atomic mass is 32.1. The maximum Gasteiger partial charge on any atom is 0.433 e. The summed E-state index contributed by atoms with van der Waals surface area (Å²) in [5, 5.41) is 8.07. The first-order valence-electron chi connectivity index (χ1n) is 8.23. The van der Waals surface area contributed by atoms with Crippen molar-refractivity contribution in [2.24, 2.45) is 0 Å². The third-order valence-electron chi connectivity index (χ3n) is 3.95. The second kappa shape index (κ2) is 7.24. The Kier molecular flexibility index (Phi) is 4.74. The summed E-state index contributed by atoms with van der Waals surface area (Å²) in [7, 11) is 0. The van der Waals surface area contributed by atoms with Crippen LogP contribution in [0.25, 0.3) is 17.0 Å². The zero-order valence-electron chi connectivity index (χ0n) is 14.4. The van der Waals surface area contributed by atoms with Crippen LogP contribution in [0, 0.1) is 5.82 Å². The number of hydrogen-bond acceptors (Lipinski definition) is 5. The number of nitrogens with one attached hydrogen (secondary N) is 1. The number of benzene rings is 1. The maximum atomic E-state index is 13.5. The Morgan fingerprint density at radius 1 is 1.14 bits per heavy atom. The van der Waals surface area contributed by atoms with Crippen molar-refractivity contribution in [1.82, 2.24) is 24.9 Å². The van der Waals surface area contributed by atoms with E-state index in [0.29, 0.717) is 4.52 Å². The Balaban J connectivity index is 1.73. The number of carbonyl (C=O) groups excluding carboxylic acids is 1. The van der Waals surface area contributed by atoms with Gasteiger partial charge < -0.3 is 5.32 Å². The van der Waals surface area contributed by atoms with Gasteiger partial charge in [-0.15, -0.1) is 16.4 Å². The molecule has 6 nitrogen and oxygen atoms in total. The fourth-order valence-corrected chi connectivity index (χ4v) is 3.24. The van der Waals surface area contributed by atoms with Crippen molar-refractivity contribution in [2.75, 3.05) is 0 Å². The van der Waals surface area contributed by atoms with E-state index in [4.69, 9.17) is 0 Å². The Morgan fingerprint density at radius 3 is 2.55 bits per heavy atom. The van der Waals surface area contributed by atoms with Crippen molar-refractivity contribution < 1.29 is 22.4 Å². The molecule has 0 unspecified atom stereocenters. The molecule has 0 radical (unpaired) electrons. The number of hydrogen-bond donors (Lipinski definition) is 1. The van der Waals surface area contributed by atoms with Gasteiger partial charge in [0.25, 0.3) is 11.7 Å². The Labute approximate surface area is 164 Å². The van der Waals surface area contributed by atoms with Crippen molar-refractivity contribution in [3.05, 3.63) is 70.1 Å². The predicted molar refractivity (Wildman–Crippen MR) is 96.7 cm³/mol. The Morgan fingerprint density at radius 2 is 1.90 bits per heavy atom. The summed E-state index contributed by atoms with van der Waals surface area (Å²) < 4.78 is 54.2. The number of rotatable bonds is 4. The Bertz CT molecular complexity index is 1170. The van der Waals surface area contributed by atoms with Gasteiger partial charge in [0.05, 0.1) is 12.2 Å². The lowest BCUT2D eigenvalue weighted by Crippen LogP contribution is -2.23. The second-order valence-electron chi connectivity index (χ2n) is 5.94. The number of fused-ring (bicyclic) bond motifs is 1. The topological polar surface area (TPSA) is 72.2 Å². The minimum Gasteiger partial charge on any atom is -0.344 e. The average Bonchev–Trinajstić information content (AvgIpc) is 3.34. The van der Waals surface area contributed by atoms with E-state index in [9.17, 15) is 22.4 Å². The van der Waals surface area contributed by atoms with Gasteiger partial charge in [0.15, 0.2) is 5.69 Å². The first-order valence-corrected chi connectivity index (χ1v) is 9.11. The highest BCUT2D eigenvalue weighted by Crippen LogP contribution is 2.31. The van der Waals surface area contributed by atoms with Crippen molar-refractivity contribution >= 4 is 23.0 Å². The molecule has 148 valence electrons. The molecule has 0 aliphatic heterocycles. The lowest BCUT2D eigenvalue weighted by atomic mass is 10.1. The predicted octanol–water partition coefficient (Wildman–Crippen LogP) is 3.94. The van der Waals surface area contributed by atoms with E-state index in [0.717, 1.165) is 23.1 Å². The number of carbonyl (C=O) groups is 1. The molecule has 3 aromatic heterocycles. The van der Waals surface area contributed by atoms with Gasteiger partial charge in [-0.1, -0.05) is 6.07 Å². The van der Waals surface area contributed by atoms with Gasteiger partial charge in [-0.05, 0) is 41.8 Å². The van der Waals surface area contributed by atoms with Crippen molar-refractivity contribution in [2.45, 2.75) is 12.7 Å². The smallest absolute Gasteiger partial charge is 0.344 e. The second-order valence-corrected chi connectivity index (χ2v) is 6.97. The molecule has 0 spiro atoms. The van der Waals surface area contributed by atoms with E-state index >= 15 is 0 Å². The van der Waals surface area contributed by atoms with Crippen LogP contribution >= 0.6 is 11.3 Å². The highest BCUT2D eigenvalue weighted by Gasteiger charge is 2.36. The van der Waals surface area contributed by atoms with Gasteiger partial charge in [0.2, 0.25) is 5.82 Å². The molecule has 4 aromatic rings. The summed E-state index contributed by atoms with van der Waals surface area (Å²) in [6.07, 6.45) is -4.77. The van der Waals surface area contributed by atoms with Gasteiger partial charge in [-0.25, -0.2) is 9.37 Å². The quantitative estimate of drug-likeness (QED) is 0.507. The standard InChI is InChI=1S/C18H11F4N5OS/c19-11-5-3-10(4-6-11)13-8-14(18(20,21)22)27-17(24-13)25-15(26-27)16(28)23-9-12-2-1-7-29-12/h1-8H,9H2,(H,23,28). The maximum absolute atomic E-state index is 13.5. The monoisotopic (exact) mass is 421 g/mol. The summed E-state index contributed by atoms with van der Waals surface area (Å²) in [4.78, 5) is 21.0. The van der Waals surface area contributed by atoms with Crippen LogP contribution in [0.3, 0.4) is 0 Å². The molecule has 0 saturated carbocycles. The van der Waals surface area contributed by atoms with E-state index in [1.165, 1.54) is 23.5 Å². The van der Waals surface area contributed by atoms with Gasteiger partial charge in [-0.2, -0.15) is 22.7 Å². The van der Waals surface area contributed by atoms with Crippen LogP contribution in [0.5, 0.6) is 0 Å². The van der Waals surface area contributed by atoms with Crippen molar-refractivity contribution in [3.63, 3.8) is 0 Å². The molecule has 1 aromatic carbocycles. The molecule has 1 N–H and O–H groups in total. The number of amides is 1. The van der Waals surface area contributed by atoms with Gasteiger partial charge in [-0.3, -0.25) is 4.79 Å². The lowest BCUT2D eigenvalue weighted by molar-refractivity contribution is -0.142. The third-order valence-corrected chi connectivity index (χ3v) is 4.83. The first-order chi connectivity index (χ1) is 13.8. The van der Waals surface area contributed by atoms with Crippen molar-refractivity contribution in [1.29, 1.82) is 0 Å². The average molecular weight is 421 g/mol. The molecule has 0 fully saturated rings. The van der Waals surface area contributed by atoms with E-state index in [2.05, 4.69) is 20.4 Å². The van der Waals surface area contributed by atoms with Crippen molar-refractivity contribution in [3.8, 4) is 11.3 Å². The molecule has 29 heavy (non-hydrogen) atoms. The fraction of sp³-hybridized carbons (Fsp3) is 0.111. The number of thiophene rings is 1. The van der Waals surface area contributed by atoms with E-state index in [1.54, 1.807) is 6.07 Å². The minimum absolute atomic E-state index is 0.0669. The molecule has 0 aliphatic rings. The summed E-state index contributed by atoms with van der Waals surface area (Å²) in [6.45, 7) is 0.201. The number of halogens is 4. The van der Waals surface area contributed by atoms with Gasteiger partial charge >= 0.3 is 6.18 Å².